The van der Waals surface area contributed by atoms with E-state index in [2.05, 4.69) is 5.10 Å². The molecule has 5 nitrogen and oxygen atoms in total. The fourth-order valence-electron chi connectivity index (χ4n) is 2.06. The van der Waals surface area contributed by atoms with Gasteiger partial charge in [0.25, 0.3) is 0 Å². The molecule has 2 aromatic rings. The molecule has 0 radical (unpaired) electrons. The third-order valence-electron chi connectivity index (χ3n) is 3.52. The normalized spacial score (nSPS) is 12.1. The number of hydrogen-bond acceptors (Lipinski definition) is 3. The Balaban J connectivity index is 2.22. The van der Waals surface area contributed by atoms with Crippen LogP contribution in [-0.2, 0) is 4.79 Å². The number of carbonyl (C=O) groups is 2. The summed E-state index contributed by atoms with van der Waals surface area (Å²) in [7, 11) is 0. The second kappa shape index (κ2) is 5.91. The Hall–Kier alpha value is -2.43. The van der Waals surface area contributed by atoms with Gasteiger partial charge in [-0.2, -0.15) is 5.10 Å². The molecule has 0 spiro atoms. The molecule has 0 fully saturated rings. The Morgan fingerprint density at radius 2 is 1.81 bits per heavy atom. The molecule has 5 heteroatoms. The van der Waals surface area contributed by atoms with Crippen molar-refractivity contribution >= 4 is 11.8 Å². The summed E-state index contributed by atoms with van der Waals surface area (Å²) in [6.45, 7) is 5.61. The van der Waals surface area contributed by atoms with Crippen LogP contribution in [0.4, 0.5) is 0 Å². The van der Waals surface area contributed by atoms with Crippen molar-refractivity contribution < 1.29 is 14.7 Å². The molecule has 21 heavy (non-hydrogen) atoms. The first kappa shape index (κ1) is 15.0. The number of Topliss-reactive ketones (excluding diaryl/α,β-unsaturated/α-hetero) is 1. The third-order valence-corrected chi connectivity index (χ3v) is 3.52. The highest BCUT2D eigenvalue weighted by molar-refractivity contribution is 5.98. The largest absolute Gasteiger partial charge is 0.480 e. The van der Waals surface area contributed by atoms with Crippen molar-refractivity contribution in [2.75, 3.05) is 0 Å². The van der Waals surface area contributed by atoms with Crippen LogP contribution in [0.15, 0.2) is 30.5 Å². The maximum atomic E-state index is 12.2. The topological polar surface area (TPSA) is 72.2 Å². The highest BCUT2D eigenvalue weighted by Crippen LogP contribution is 2.18. The second-order valence-corrected chi connectivity index (χ2v) is 5.22. The maximum Gasteiger partial charge on any atom is 0.328 e. The standard InChI is InChI=1S/C16H18N2O3/c1-10-4-6-13(7-5-10)15(19)8-14(16(20)21)18-9-11(2)12(3)17-18/h4-7,9,14H,8H2,1-3H3,(H,20,21)/t14-/m1/s1. The summed E-state index contributed by atoms with van der Waals surface area (Å²) in [6, 6.07) is 6.13. The van der Waals surface area contributed by atoms with E-state index >= 15 is 0 Å². The number of aryl methyl sites for hydroxylation is 3. The molecule has 2 rings (SSSR count). The van der Waals surface area contributed by atoms with E-state index in [1.165, 1.54) is 4.68 Å². The van der Waals surface area contributed by atoms with Gasteiger partial charge in [-0.1, -0.05) is 29.8 Å². The van der Waals surface area contributed by atoms with Gasteiger partial charge in [0.05, 0.1) is 5.69 Å². The van der Waals surface area contributed by atoms with Crippen molar-refractivity contribution in [1.82, 2.24) is 9.78 Å². The highest BCUT2D eigenvalue weighted by Gasteiger charge is 2.25. The first-order valence-electron chi connectivity index (χ1n) is 6.73. The van der Waals surface area contributed by atoms with E-state index in [0.29, 0.717) is 5.56 Å². The Bertz CT molecular complexity index is 652. The molecule has 0 aliphatic heterocycles. The van der Waals surface area contributed by atoms with Crippen LogP contribution in [-0.4, -0.2) is 26.6 Å². The number of carbonyl (C=O) groups excluding carboxylic acids is 1. The highest BCUT2D eigenvalue weighted by atomic mass is 16.4. The van der Waals surface area contributed by atoms with Crippen molar-refractivity contribution in [2.24, 2.45) is 0 Å². The van der Waals surface area contributed by atoms with E-state index in [9.17, 15) is 14.7 Å². The molecule has 1 aromatic heterocycles. The molecule has 0 saturated carbocycles. The van der Waals surface area contributed by atoms with Gasteiger partial charge in [-0.15, -0.1) is 0 Å². The maximum absolute atomic E-state index is 12.2. The van der Waals surface area contributed by atoms with E-state index in [4.69, 9.17) is 0 Å². The van der Waals surface area contributed by atoms with Crippen molar-refractivity contribution in [3.8, 4) is 0 Å². The molecule has 110 valence electrons. The zero-order valence-electron chi connectivity index (χ0n) is 12.3. The Morgan fingerprint density at radius 3 is 2.29 bits per heavy atom. The van der Waals surface area contributed by atoms with Crippen LogP contribution in [0.25, 0.3) is 0 Å². The van der Waals surface area contributed by atoms with Gasteiger partial charge in [-0.25, -0.2) is 4.79 Å². The lowest BCUT2D eigenvalue weighted by Gasteiger charge is -2.12. The number of rotatable bonds is 5. The average Bonchev–Trinajstić information content (AvgIpc) is 2.75. The molecule has 0 amide bonds. The van der Waals surface area contributed by atoms with Crippen LogP contribution in [0.5, 0.6) is 0 Å². The molecule has 0 bridgehead atoms. The molecule has 1 heterocycles. The lowest BCUT2D eigenvalue weighted by atomic mass is 10.0. The number of benzene rings is 1. The van der Waals surface area contributed by atoms with Crippen LogP contribution in [0, 0.1) is 20.8 Å². The van der Waals surface area contributed by atoms with Crippen molar-refractivity contribution in [3.05, 3.63) is 52.8 Å². The number of carboxylic acids is 1. The lowest BCUT2D eigenvalue weighted by Crippen LogP contribution is -2.23. The van der Waals surface area contributed by atoms with Crippen LogP contribution in [0.1, 0.15) is 39.6 Å². The SMILES string of the molecule is Cc1ccc(C(=O)C[C@H](C(=O)O)n2cc(C)c(C)n2)cc1. The third kappa shape index (κ3) is 3.37. The summed E-state index contributed by atoms with van der Waals surface area (Å²) in [6.07, 6.45) is 1.55. The Morgan fingerprint density at radius 1 is 1.19 bits per heavy atom. The van der Waals surface area contributed by atoms with Gasteiger partial charge in [0.2, 0.25) is 0 Å². The van der Waals surface area contributed by atoms with Gasteiger partial charge in [-0.3, -0.25) is 9.48 Å². The van der Waals surface area contributed by atoms with Crippen molar-refractivity contribution in [3.63, 3.8) is 0 Å². The van der Waals surface area contributed by atoms with Gasteiger partial charge in [0, 0.05) is 18.2 Å². The molecule has 0 aliphatic rings. The number of ketones is 1. The van der Waals surface area contributed by atoms with Crippen LogP contribution >= 0.6 is 0 Å². The number of aromatic nitrogens is 2. The smallest absolute Gasteiger partial charge is 0.328 e. The summed E-state index contributed by atoms with van der Waals surface area (Å²) >= 11 is 0. The van der Waals surface area contributed by atoms with Gasteiger partial charge in [-0.05, 0) is 26.3 Å². The van der Waals surface area contributed by atoms with Crippen LogP contribution < -0.4 is 0 Å². The molecule has 1 aromatic carbocycles. The van der Waals surface area contributed by atoms with Crippen LogP contribution in [0.2, 0.25) is 0 Å². The molecule has 0 unspecified atom stereocenters. The first-order chi connectivity index (χ1) is 9.88. The summed E-state index contributed by atoms with van der Waals surface area (Å²) in [5.74, 6) is -1.26. The van der Waals surface area contributed by atoms with Crippen molar-refractivity contribution in [1.29, 1.82) is 0 Å². The fourth-order valence-corrected chi connectivity index (χ4v) is 2.06. The van der Waals surface area contributed by atoms with E-state index in [1.54, 1.807) is 18.3 Å². The molecular formula is C16H18N2O3. The van der Waals surface area contributed by atoms with E-state index in [-0.39, 0.29) is 12.2 Å². The summed E-state index contributed by atoms with van der Waals surface area (Å²) in [5.41, 5.74) is 3.25. The summed E-state index contributed by atoms with van der Waals surface area (Å²) in [5, 5.41) is 13.5. The minimum atomic E-state index is -1.06. The van der Waals surface area contributed by atoms with Gasteiger partial charge < -0.3 is 5.11 Å². The second-order valence-electron chi connectivity index (χ2n) is 5.22. The molecule has 0 saturated heterocycles. The van der Waals surface area contributed by atoms with E-state index in [0.717, 1.165) is 16.8 Å². The molecule has 1 atom stereocenters. The van der Waals surface area contributed by atoms with Gasteiger partial charge in [0.1, 0.15) is 0 Å². The first-order valence-corrected chi connectivity index (χ1v) is 6.73. The Labute approximate surface area is 123 Å². The predicted molar refractivity (Wildman–Crippen MR) is 78.5 cm³/mol. The van der Waals surface area contributed by atoms with Crippen LogP contribution in [0.3, 0.4) is 0 Å². The number of carboxylic acid groups (broad SMARTS) is 1. The quantitative estimate of drug-likeness (QED) is 0.858. The number of hydrogen-bond donors (Lipinski definition) is 1. The fraction of sp³-hybridized carbons (Fsp3) is 0.312. The lowest BCUT2D eigenvalue weighted by molar-refractivity contribution is -0.141. The van der Waals surface area contributed by atoms with Crippen molar-refractivity contribution in [2.45, 2.75) is 33.2 Å². The minimum absolute atomic E-state index is 0.112. The number of aliphatic carboxylic acids is 1. The minimum Gasteiger partial charge on any atom is -0.480 e. The summed E-state index contributed by atoms with van der Waals surface area (Å²) in [4.78, 5) is 23.7. The molecule has 0 aliphatic carbocycles. The average molecular weight is 286 g/mol. The monoisotopic (exact) mass is 286 g/mol. The van der Waals surface area contributed by atoms with Gasteiger partial charge >= 0.3 is 5.97 Å². The Kier molecular flexibility index (Phi) is 4.21. The zero-order valence-corrected chi connectivity index (χ0v) is 12.3. The number of nitrogens with zero attached hydrogens (tertiary/aromatic N) is 2. The summed E-state index contributed by atoms with van der Waals surface area (Å²) < 4.78 is 1.36. The van der Waals surface area contributed by atoms with Gasteiger partial charge in [0.15, 0.2) is 11.8 Å². The van der Waals surface area contributed by atoms with E-state index in [1.807, 2.05) is 32.9 Å². The molecule has 1 N–H and O–H groups in total. The zero-order chi connectivity index (χ0) is 15.6. The van der Waals surface area contributed by atoms with E-state index < -0.39 is 12.0 Å². The molecular weight excluding hydrogens is 268 g/mol. The predicted octanol–water partition coefficient (Wildman–Crippen LogP) is 2.71.